The van der Waals surface area contributed by atoms with Crippen LogP contribution in [0, 0.1) is 0 Å². The molecule has 6 fully saturated rings. The molecule has 0 radical (unpaired) electrons. The van der Waals surface area contributed by atoms with Crippen LogP contribution in [0.2, 0.25) is 0 Å². The number of phosphoric ester groups is 4. The summed E-state index contributed by atoms with van der Waals surface area (Å²) in [6.45, 7) is -6.20. The minimum absolute atomic E-state index is 0.000920. The van der Waals surface area contributed by atoms with Crippen molar-refractivity contribution in [2.75, 3.05) is 62.6 Å². The molecule has 0 aromatic carbocycles. The van der Waals surface area contributed by atoms with Crippen molar-refractivity contribution >= 4 is 107 Å². The molecule has 18 N–H and O–H groups in total. The Morgan fingerprint density at radius 2 is 1.03 bits per heavy atom. The summed E-state index contributed by atoms with van der Waals surface area (Å²) in [5, 5.41) is 43.7. The van der Waals surface area contributed by atoms with Crippen molar-refractivity contribution in [3.05, 3.63) is 58.7 Å². The molecule has 21 atom stereocenters. The standard InChI is InChI=1S/C43H53N20O30P5/c1-59-13-63(33-19(59)35(69)58-41(47)56-33)37-23(67)21(65)15(87-37)3-83-96(74,75)92-98(78,79)93-97(76,77)85-7-43-5-81-25(39(89-43)61-11-53-17-29(45)49-9-51-31(17)61)27(43)91-95(72,73)84-6-42-4-80-24(38(88-42)60-10-52-16-28(44)48-8-50-30(16)60)26(42)90-94(70,71)82-2-14-20(64)22(66)36(86-14)62-12-54-18-32(62)55-40(46)57-34(18)68/h8-15,20-27,36-39,64-67H,2-7H2,1H3,(H14-,44,45,46,47,48,49,50,51,55,56,57,58,68,69,70,71,72,73,74,75,76,77,78,79)/t14-,15-,20?,21+,22+,23?,24+,25+,26?,27?,36-,37-,38-,39-,42-,43-/m1/s1. The first-order valence-electron chi connectivity index (χ1n) is 28.1. The minimum atomic E-state index is -6.38. The number of fused-ring (bicyclic) bond motifs is 8. The van der Waals surface area contributed by atoms with Gasteiger partial charge in [0.15, 0.2) is 52.8 Å². The molecule has 9 unspecified atom stereocenters. The molecule has 50 nitrogen and oxygen atoms in total. The smallest absolute Gasteiger partial charge is 0.487 e. The number of nitrogen functional groups attached to an aromatic ring is 4. The molecule has 0 aliphatic carbocycles. The number of aryl methyl sites for hydroxylation is 1. The van der Waals surface area contributed by atoms with Gasteiger partial charge in [-0.15, -0.1) is 0 Å². The summed E-state index contributed by atoms with van der Waals surface area (Å²) in [5.41, 5.74) is 16.9. The van der Waals surface area contributed by atoms with E-state index in [-0.39, 0.29) is 68.2 Å². The number of rotatable bonds is 24. The van der Waals surface area contributed by atoms with Gasteiger partial charge in [0.2, 0.25) is 24.5 Å². The summed E-state index contributed by atoms with van der Waals surface area (Å²) in [5.74, 6) is -0.879. The van der Waals surface area contributed by atoms with Crippen LogP contribution in [0.1, 0.15) is 24.9 Å². The van der Waals surface area contributed by atoms with Crippen molar-refractivity contribution in [3.8, 4) is 0 Å². The van der Waals surface area contributed by atoms with Crippen molar-refractivity contribution in [3.63, 3.8) is 0 Å². The first-order valence-corrected chi connectivity index (χ1v) is 35.6. The molecule has 98 heavy (non-hydrogen) atoms. The zero-order valence-corrected chi connectivity index (χ0v) is 53.6. The van der Waals surface area contributed by atoms with Crippen LogP contribution in [0.5, 0.6) is 0 Å². The summed E-state index contributed by atoms with van der Waals surface area (Å²) in [7, 11) is -28.5. The van der Waals surface area contributed by atoms with Gasteiger partial charge in [-0.2, -0.15) is 18.8 Å². The predicted molar refractivity (Wildman–Crippen MR) is 308 cm³/mol. The van der Waals surface area contributed by atoms with E-state index in [1.165, 1.54) is 33.4 Å². The molecule has 55 heteroatoms. The van der Waals surface area contributed by atoms with E-state index in [1.807, 2.05) is 0 Å². The number of hydrogen-bond donors (Lipinski definition) is 14. The molecule has 530 valence electrons. The molecule has 14 rings (SSSR count). The van der Waals surface area contributed by atoms with Crippen LogP contribution in [0.4, 0.5) is 23.5 Å². The van der Waals surface area contributed by atoms with Gasteiger partial charge >= 0.3 is 36.9 Å². The van der Waals surface area contributed by atoms with Gasteiger partial charge in [0.05, 0.1) is 65.7 Å². The molecule has 8 aromatic heterocycles. The number of nitrogens with zero attached hydrogens (tertiary/aromatic N) is 14. The second-order valence-corrected chi connectivity index (χ2v) is 30.1. The van der Waals surface area contributed by atoms with Crippen LogP contribution in [0.3, 0.4) is 0 Å². The van der Waals surface area contributed by atoms with Gasteiger partial charge in [-0.3, -0.25) is 60.4 Å². The predicted octanol–water partition coefficient (Wildman–Crippen LogP) is -6.00. The molecule has 14 heterocycles. The Hall–Kier alpha value is -6.77. The Kier molecular flexibility index (Phi) is 17.1. The van der Waals surface area contributed by atoms with Crippen molar-refractivity contribution < 1.29 is 136 Å². The fourth-order valence-electron chi connectivity index (χ4n) is 12.0. The highest BCUT2D eigenvalue weighted by Gasteiger charge is 2.68. The number of aliphatic hydroxyl groups excluding tert-OH is 4. The molecular weight excluding hydrogens is 1430 g/mol. The fraction of sp³-hybridized carbons (Fsp3) is 0.535. The normalized spacial score (nSPS) is 33.1. The largest absolute Gasteiger partial charge is 0.756 e. The van der Waals surface area contributed by atoms with Crippen molar-refractivity contribution in [1.29, 1.82) is 0 Å². The topological polar surface area (TPSA) is 709 Å². The van der Waals surface area contributed by atoms with Crippen molar-refractivity contribution in [2.24, 2.45) is 7.05 Å². The monoisotopic (exact) mass is 1480 g/mol. The molecule has 6 saturated heterocycles. The summed E-state index contributed by atoms with van der Waals surface area (Å²) in [6, 6.07) is 0. The first kappa shape index (κ1) is 68.4. The molecule has 8 aromatic rings. The number of hydrogen-bond acceptors (Lipinski definition) is 39. The second kappa shape index (κ2) is 24.5. The third-order valence-corrected chi connectivity index (χ3v) is 22.5. The molecule has 0 spiro atoms. The summed E-state index contributed by atoms with van der Waals surface area (Å²) in [4.78, 5) is 124. The molecule has 0 amide bonds. The third kappa shape index (κ3) is 12.2. The second-order valence-electron chi connectivity index (χ2n) is 22.7. The first-order chi connectivity index (χ1) is 46.1. The van der Waals surface area contributed by atoms with Gasteiger partial charge < -0.3 is 101 Å². The van der Waals surface area contributed by atoms with Crippen LogP contribution >= 0.6 is 39.1 Å². The zero-order chi connectivity index (χ0) is 69.7. The van der Waals surface area contributed by atoms with E-state index in [2.05, 4.69) is 68.0 Å². The highest BCUT2D eigenvalue weighted by molar-refractivity contribution is 7.66. The third-order valence-electron chi connectivity index (χ3n) is 16.4. The highest BCUT2D eigenvalue weighted by atomic mass is 31.3. The number of nitrogens with two attached hydrogens (primary N) is 4. The quantitative estimate of drug-likeness (QED) is 0.0198. The van der Waals surface area contributed by atoms with Crippen molar-refractivity contribution in [2.45, 2.75) is 97.2 Å². The summed E-state index contributed by atoms with van der Waals surface area (Å²) < 4.78 is 151. The average molecular weight is 1480 g/mol. The number of aromatic nitrogens is 16. The van der Waals surface area contributed by atoms with Crippen LogP contribution < -0.4 is 43.5 Å². The van der Waals surface area contributed by atoms with Crippen LogP contribution in [-0.4, -0.2) is 225 Å². The maximum Gasteiger partial charge on any atom is 0.487 e. The van der Waals surface area contributed by atoms with Crippen LogP contribution in [0.25, 0.3) is 44.7 Å². The molecule has 6 aliphatic heterocycles. The van der Waals surface area contributed by atoms with Gasteiger partial charge in [0.25, 0.3) is 24.5 Å². The van der Waals surface area contributed by atoms with E-state index in [4.69, 9.17) is 74.0 Å². The number of H-pyrrole nitrogens is 2. The Morgan fingerprint density at radius 1 is 0.571 bits per heavy atom. The molecule has 6 aliphatic rings. The Morgan fingerprint density at radius 3 is 1.57 bits per heavy atom. The lowest BCUT2D eigenvalue weighted by molar-refractivity contribution is -0.646. The SMILES string of the molecule is C[n+]1cn([C@@H]2O[C@H](COP(=O)([O-])OP(=O)(O)OP(=O)(O)OC[C@]34CO[C@@H](C3OP(=O)(O)OC[C@]35CO[C@@H](C3OP(=O)(O)OC[C@H]3O[C@@H](n6cnc7c(=O)[nH]c(N)nc76)[C@@H](O)C3O)[C@H](n3cnc6c(N)ncnc63)O5)[C@H](n3cnc5c(N)ncnc53)O4)[C@H](O)C2O)c2nc(N)[nH]c(=O)c21. The van der Waals surface area contributed by atoms with Gasteiger partial charge in [-0.05, 0) is 0 Å². The Labute approximate surface area is 540 Å². The number of anilines is 4. The lowest BCUT2D eigenvalue weighted by Crippen LogP contribution is -2.47. The lowest BCUT2D eigenvalue weighted by Gasteiger charge is -2.33. The zero-order valence-electron chi connectivity index (χ0n) is 49.2. The van der Waals surface area contributed by atoms with E-state index < -0.39 is 187 Å². The van der Waals surface area contributed by atoms with Gasteiger partial charge in [0, 0.05) is 0 Å². The van der Waals surface area contributed by atoms with Crippen LogP contribution in [-0.2, 0) is 94.1 Å². The van der Waals surface area contributed by atoms with Gasteiger partial charge in [-0.1, -0.05) is 0 Å². The number of aliphatic hydroxyl groups is 4. The molecular formula is C43H53N20O30P5. The Balaban J connectivity index is 0.674. The van der Waals surface area contributed by atoms with E-state index >= 15 is 0 Å². The van der Waals surface area contributed by atoms with E-state index in [0.717, 1.165) is 34.4 Å². The molecule has 4 bridgehead atoms. The maximum absolute atomic E-state index is 14.6. The van der Waals surface area contributed by atoms with E-state index in [9.17, 15) is 77.3 Å². The lowest BCUT2D eigenvalue weighted by atomic mass is 10.0. The van der Waals surface area contributed by atoms with Crippen LogP contribution in [0.15, 0.2) is 47.6 Å². The van der Waals surface area contributed by atoms with Crippen molar-refractivity contribution in [1.82, 2.24) is 73.1 Å². The number of imidazole rings is 4. The highest BCUT2D eigenvalue weighted by Crippen LogP contribution is 2.68. The maximum atomic E-state index is 14.6. The number of nitrogens with one attached hydrogen (secondary N) is 2. The fourth-order valence-corrected chi connectivity index (χ4v) is 17.6. The van der Waals surface area contributed by atoms with E-state index in [1.54, 1.807) is 0 Å². The van der Waals surface area contributed by atoms with E-state index in [0.29, 0.717) is 0 Å². The number of ether oxygens (including phenoxy) is 6. The molecule has 0 saturated carbocycles. The average Bonchev–Trinajstić information content (AvgIpc) is 1.57. The summed E-state index contributed by atoms with van der Waals surface area (Å²) in [6.07, 6.45) is -17.1. The number of phosphoric acid groups is 5. The van der Waals surface area contributed by atoms with Gasteiger partial charge in [-0.25, -0.2) is 62.0 Å². The minimum Gasteiger partial charge on any atom is -0.756 e. The Bertz CT molecular complexity index is 4870. The van der Waals surface area contributed by atoms with Gasteiger partial charge in [0.1, 0.15) is 95.9 Å². The number of aromatic amines is 2. The summed E-state index contributed by atoms with van der Waals surface area (Å²) >= 11 is 0.